The summed E-state index contributed by atoms with van der Waals surface area (Å²) < 4.78 is 0.855. The predicted molar refractivity (Wildman–Crippen MR) is 84.0 cm³/mol. The van der Waals surface area contributed by atoms with Gasteiger partial charge in [0.2, 0.25) is 5.91 Å². The summed E-state index contributed by atoms with van der Waals surface area (Å²) in [4.78, 5) is 29.3. The summed E-state index contributed by atoms with van der Waals surface area (Å²) in [7, 11) is 0. The van der Waals surface area contributed by atoms with E-state index in [9.17, 15) is 9.59 Å². The number of nitrogens with zero attached hydrogens (tertiary/aromatic N) is 2. The first kappa shape index (κ1) is 15.2. The molecule has 2 aromatic rings. The van der Waals surface area contributed by atoms with Crippen LogP contribution in [0.3, 0.4) is 0 Å². The van der Waals surface area contributed by atoms with Crippen molar-refractivity contribution >= 4 is 38.5 Å². The highest BCUT2D eigenvalue weighted by atomic mass is 32.1. The largest absolute Gasteiger partial charge is 0.375 e. The molecule has 0 atom stereocenters. The number of carbonyl (C=O) groups excluding carboxylic acids is 2. The number of carbonyl (C=O) groups is 2. The van der Waals surface area contributed by atoms with Gasteiger partial charge >= 0.3 is 0 Å². The average Bonchev–Trinajstić information content (AvgIpc) is 2.81. The Morgan fingerprint density at radius 1 is 1.38 bits per heavy atom. The second-order valence-corrected chi connectivity index (χ2v) is 5.84. The Morgan fingerprint density at radius 2 is 2.14 bits per heavy atom. The Labute approximate surface area is 126 Å². The molecule has 1 heterocycles. The van der Waals surface area contributed by atoms with Crippen molar-refractivity contribution in [2.75, 3.05) is 18.8 Å². The lowest BCUT2D eigenvalue weighted by atomic mass is 10.1. The maximum atomic E-state index is 12.5. The zero-order valence-corrected chi connectivity index (χ0v) is 12.7. The second-order valence-electron chi connectivity index (χ2n) is 4.78. The zero-order valence-electron chi connectivity index (χ0n) is 11.8. The lowest BCUT2D eigenvalue weighted by Gasteiger charge is -2.21. The maximum absolute atomic E-state index is 12.5. The fraction of sp³-hybridized carbons (Fsp3) is 0.357. The highest BCUT2D eigenvalue weighted by Gasteiger charge is 2.18. The predicted octanol–water partition coefficient (Wildman–Crippen LogP) is 1.61. The minimum Gasteiger partial charge on any atom is -0.375 e. The lowest BCUT2D eigenvalue weighted by molar-refractivity contribution is -0.118. The van der Waals surface area contributed by atoms with Gasteiger partial charge < -0.3 is 16.4 Å². The molecule has 112 valence electrons. The Balaban J connectivity index is 2.25. The van der Waals surface area contributed by atoms with E-state index in [1.807, 2.05) is 6.92 Å². The van der Waals surface area contributed by atoms with Gasteiger partial charge in [0.15, 0.2) is 5.13 Å². The van der Waals surface area contributed by atoms with Crippen LogP contribution in [0.5, 0.6) is 0 Å². The molecular formula is C14H18N4O2S. The summed E-state index contributed by atoms with van der Waals surface area (Å²) in [6.07, 6.45) is 1.77. The van der Waals surface area contributed by atoms with Crippen LogP contribution < -0.4 is 11.5 Å². The number of amides is 2. The molecule has 0 saturated heterocycles. The van der Waals surface area contributed by atoms with Crippen LogP contribution in [0.2, 0.25) is 0 Å². The summed E-state index contributed by atoms with van der Waals surface area (Å²) in [5.74, 6) is -0.710. The van der Waals surface area contributed by atoms with Crippen LogP contribution in [-0.2, 0) is 4.79 Å². The van der Waals surface area contributed by atoms with Gasteiger partial charge in [0, 0.05) is 12.1 Å². The monoisotopic (exact) mass is 306 g/mol. The molecule has 0 fully saturated rings. The number of primary amides is 1. The average molecular weight is 306 g/mol. The second kappa shape index (κ2) is 6.53. The van der Waals surface area contributed by atoms with Gasteiger partial charge in [-0.25, -0.2) is 4.98 Å². The third kappa shape index (κ3) is 3.69. The molecular weight excluding hydrogens is 288 g/mol. The number of fused-ring (bicyclic) bond motifs is 1. The first-order chi connectivity index (χ1) is 10.0. The molecule has 1 aromatic carbocycles. The number of unbranched alkanes of at least 4 members (excludes halogenated alkanes) is 1. The Hall–Kier alpha value is -2.15. The number of hydrogen-bond acceptors (Lipinski definition) is 5. The van der Waals surface area contributed by atoms with Crippen molar-refractivity contribution < 1.29 is 9.59 Å². The topological polar surface area (TPSA) is 102 Å². The molecule has 0 saturated carbocycles. The van der Waals surface area contributed by atoms with Gasteiger partial charge in [-0.2, -0.15) is 0 Å². The van der Waals surface area contributed by atoms with Gasteiger partial charge in [0.25, 0.3) is 5.91 Å². The zero-order chi connectivity index (χ0) is 15.4. The van der Waals surface area contributed by atoms with Crippen molar-refractivity contribution in [1.29, 1.82) is 0 Å². The number of thiazole rings is 1. The molecule has 0 unspecified atom stereocenters. The van der Waals surface area contributed by atoms with Crippen molar-refractivity contribution in [2.24, 2.45) is 5.73 Å². The smallest absolute Gasteiger partial charge is 0.254 e. The Kier molecular flexibility index (Phi) is 4.74. The van der Waals surface area contributed by atoms with Gasteiger partial charge in [-0.3, -0.25) is 9.59 Å². The summed E-state index contributed by atoms with van der Waals surface area (Å²) in [5, 5.41) is 0.467. The van der Waals surface area contributed by atoms with E-state index in [-0.39, 0.29) is 12.5 Å². The molecule has 0 radical (unpaired) electrons. The van der Waals surface area contributed by atoms with Crippen molar-refractivity contribution in [3.63, 3.8) is 0 Å². The highest BCUT2D eigenvalue weighted by Crippen LogP contribution is 2.25. The molecule has 4 N–H and O–H groups in total. The number of nitrogens with two attached hydrogens (primary N) is 2. The van der Waals surface area contributed by atoms with Crippen LogP contribution in [0.25, 0.3) is 10.2 Å². The molecule has 1 aromatic heterocycles. The van der Waals surface area contributed by atoms with Gasteiger partial charge in [-0.05, 0) is 24.6 Å². The number of benzene rings is 1. The van der Waals surface area contributed by atoms with Gasteiger partial charge in [0.05, 0.1) is 16.8 Å². The van der Waals surface area contributed by atoms with Gasteiger partial charge in [0.1, 0.15) is 0 Å². The normalized spacial score (nSPS) is 10.7. The van der Waals surface area contributed by atoms with Crippen LogP contribution in [0.1, 0.15) is 30.1 Å². The van der Waals surface area contributed by atoms with Crippen molar-refractivity contribution in [1.82, 2.24) is 9.88 Å². The number of anilines is 1. The minimum absolute atomic E-state index is 0.0678. The number of aromatic nitrogens is 1. The van der Waals surface area contributed by atoms with E-state index in [1.54, 1.807) is 18.2 Å². The minimum atomic E-state index is -0.512. The van der Waals surface area contributed by atoms with Crippen molar-refractivity contribution in [2.45, 2.75) is 19.8 Å². The number of rotatable bonds is 6. The molecule has 0 aliphatic carbocycles. The highest BCUT2D eigenvalue weighted by molar-refractivity contribution is 7.22. The molecule has 0 aliphatic rings. The fourth-order valence-electron chi connectivity index (χ4n) is 2.05. The molecule has 2 amide bonds. The van der Waals surface area contributed by atoms with Gasteiger partial charge in [-0.15, -0.1) is 0 Å². The lowest BCUT2D eigenvalue weighted by Crippen LogP contribution is -2.39. The van der Waals surface area contributed by atoms with E-state index >= 15 is 0 Å². The molecule has 2 rings (SSSR count). The standard InChI is InChI=1S/C14H18N4O2S/c1-2-3-6-18(8-12(15)19)13(20)9-4-5-10-11(7-9)21-14(16)17-10/h4-5,7H,2-3,6,8H2,1H3,(H2,15,19)(H2,16,17). The maximum Gasteiger partial charge on any atom is 0.254 e. The third-order valence-electron chi connectivity index (χ3n) is 3.07. The van der Waals surface area contributed by atoms with Crippen LogP contribution >= 0.6 is 11.3 Å². The van der Waals surface area contributed by atoms with Crippen molar-refractivity contribution in [3.05, 3.63) is 23.8 Å². The van der Waals surface area contributed by atoms with E-state index in [4.69, 9.17) is 11.5 Å². The Bertz CT molecular complexity index is 668. The Morgan fingerprint density at radius 3 is 2.81 bits per heavy atom. The number of hydrogen-bond donors (Lipinski definition) is 2. The quantitative estimate of drug-likeness (QED) is 0.846. The molecule has 7 heteroatoms. The molecule has 0 bridgehead atoms. The van der Waals surface area contributed by atoms with E-state index < -0.39 is 5.91 Å². The van der Waals surface area contributed by atoms with E-state index in [0.717, 1.165) is 23.1 Å². The summed E-state index contributed by atoms with van der Waals surface area (Å²) in [6, 6.07) is 5.22. The molecule has 21 heavy (non-hydrogen) atoms. The SMILES string of the molecule is CCCCN(CC(N)=O)C(=O)c1ccc2nc(N)sc2c1. The number of nitrogen functional groups attached to an aromatic ring is 1. The first-order valence-corrected chi connectivity index (χ1v) is 7.56. The van der Waals surface area contributed by atoms with Crippen LogP contribution in [0, 0.1) is 0 Å². The van der Waals surface area contributed by atoms with Gasteiger partial charge in [-0.1, -0.05) is 24.7 Å². The molecule has 6 nitrogen and oxygen atoms in total. The van der Waals surface area contributed by atoms with E-state index in [0.29, 0.717) is 17.2 Å². The van der Waals surface area contributed by atoms with Crippen LogP contribution in [0.15, 0.2) is 18.2 Å². The van der Waals surface area contributed by atoms with Crippen LogP contribution in [0.4, 0.5) is 5.13 Å². The van der Waals surface area contributed by atoms with E-state index in [1.165, 1.54) is 16.2 Å². The summed E-state index contributed by atoms with van der Waals surface area (Å²) >= 11 is 1.33. The fourth-order valence-corrected chi connectivity index (χ4v) is 2.82. The molecule has 0 spiro atoms. The third-order valence-corrected chi connectivity index (χ3v) is 3.91. The molecule has 0 aliphatic heterocycles. The summed E-state index contributed by atoms with van der Waals surface area (Å²) in [6.45, 7) is 2.47. The van der Waals surface area contributed by atoms with Crippen LogP contribution in [-0.4, -0.2) is 34.8 Å². The van der Waals surface area contributed by atoms with E-state index in [2.05, 4.69) is 4.98 Å². The van der Waals surface area contributed by atoms with Crippen molar-refractivity contribution in [3.8, 4) is 0 Å². The summed E-state index contributed by atoms with van der Waals surface area (Å²) in [5.41, 5.74) is 12.2. The first-order valence-electron chi connectivity index (χ1n) is 6.75.